The minimum Gasteiger partial charge on any atom is -0.490 e. The maximum atomic E-state index is 12.6. The zero-order chi connectivity index (χ0) is 17.3. The number of benzene rings is 2. The molecule has 1 heterocycles. The molecule has 6 heteroatoms. The van der Waals surface area contributed by atoms with Crippen LogP contribution in [0.25, 0.3) is 0 Å². The Hall–Kier alpha value is -2.34. The van der Waals surface area contributed by atoms with Gasteiger partial charge in [0.1, 0.15) is 5.75 Å². The zero-order valence-electron chi connectivity index (χ0n) is 13.4. The number of hydrogen-bond donors (Lipinski definition) is 2. The molecule has 0 aliphatic carbocycles. The second kappa shape index (κ2) is 6.65. The predicted octanol–water partition coefficient (Wildman–Crippen LogP) is 3.73. The third-order valence-electron chi connectivity index (χ3n) is 3.60. The van der Waals surface area contributed by atoms with Crippen molar-refractivity contribution in [2.75, 3.05) is 5.32 Å². The lowest BCUT2D eigenvalue weighted by molar-refractivity contribution is 0.0963. The Morgan fingerprint density at radius 1 is 1.25 bits per heavy atom. The predicted molar refractivity (Wildman–Crippen MR) is 95.5 cm³/mol. The first-order valence-corrected chi connectivity index (χ1v) is 8.42. The van der Waals surface area contributed by atoms with Gasteiger partial charge in [-0.05, 0) is 49.7 Å². The highest BCUT2D eigenvalue weighted by Gasteiger charge is 2.20. The molecule has 0 spiro atoms. The summed E-state index contributed by atoms with van der Waals surface area (Å²) in [7, 11) is 0. The van der Waals surface area contributed by atoms with Crippen molar-refractivity contribution in [3.8, 4) is 5.75 Å². The third-order valence-corrected chi connectivity index (χ3v) is 4.10. The van der Waals surface area contributed by atoms with E-state index in [0.29, 0.717) is 29.1 Å². The van der Waals surface area contributed by atoms with Crippen LogP contribution < -0.4 is 15.4 Å². The highest BCUT2D eigenvalue weighted by molar-refractivity contribution is 9.10. The normalized spacial score (nSPS) is 12.8. The van der Waals surface area contributed by atoms with Gasteiger partial charge < -0.3 is 15.4 Å². The maximum Gasteiger partial charge on any atom is 0.259 e. The number of anilines is 1. The lowest BCUT2D eigenvalue weighted by Crippen LogP contribution is -2.16. The van der Waals surface area contributed by atoms with Crippen molar-refractivity contribution < 1.29 is 14.3 Å². The molecule has 0 saturated heterocycles. The zero-order valence-corrected chi connectivity index (χ0v) is 14.9. The average Bonchev–Trinajstić information content (AvgIpc) is 2.88. The minimum atomic E-state index is -0.281. The Morgan fingerprint density at radius 2 is 2.04 bits per heavy atom. The van der Waals surface area contributed by atoms with E-state index in [1.165, 1.54) is 0 Å². The van der Waals surface area contributed by atoms with E-state index in [2.05, 4.69) is 26.6 Å². The lowest BCUT2D eigenvalue weighted by atomic mass is 10.1. The molecular formula is C18H17BrN2O3. The van der Waals surface area contributed by atoms with Gasteiger partial charge in [0.2, 0.25) is 0 Å². The molecule has 3 rings (SSSR count). The number of ether oxygens (including phenoxy) is 1. The molecule has 2 aromatic rings. The SMILES string of the molecule is CC(C)Oc1cc(Br)ccc1C(=O)Nc1ccc2c(c1)C(=O)NC2. The quantitative estimate of drug-likeness (QED) is 0.838. The van der Waals surface area contributed by atoms with Crippen molar-refractivity contribution >= 4 is 33.4 Å². The van der Waals surface area contributed by atoms with Crippen molar-refractivity contribution in [1.82, 2.24) is 5.32 Å². The van der Waals surface area contributed by atoms with Gasteiger partial charge >= 0.3 is 0 Å². The van der Waals surface area contributed by atoms with Crippen molar-refractivity contribution in [3.63, 3.8) is 0 Å². The van der Waals surface area contributed by atoms with Gasteiger partial charge in [-0.1, -0.05) is 22.0 Å². The van der Waals surface area contributed by atoms with Crippen LogP contribution in [0.4, 0.5) is 5.69 Å². The van der Waals surface area contributed by atoms with E-state index in [-0.39, 0.29) is 17.9 Å². The van der Waals surface area contributed by atoms with E-state index in [1.54, 1.807) is 30.3 Å². The fraction of sp³-hybridized carbons (Fsp3) is 0.222. The number of nitrogens with one attached hydrogen (secondary N) is 2. The molecule has 5 nitrogen and oxygen atoms in total. The molecule has 24 heavy (non-hydrogen) atoms. The molecule has 124 valence electrons. The molecule has 1 aliphatic heterocycles. The van der Waals surface area contributed by atoms with Gasteiger partial charge in [-0.25, -0.2) is 0 Å². The largest absolute Gasteiger partial charge is 0.490 e. The number of amides is 2. The molecule has 0 saturated carbocycles. The van der Waals surface area contributed by atoms with E-state index >= 15 is 0 Å². The Bertz CT molecular complexity index is 818. The molecule has 0 atom stereocenters. The summed E-state index contributed by atoms with van der Waals surface area (Å²) in [6, 6.07) is 10.6. The Labute approximate surface area is 148 Å². The third kappa shape index (κ3) is 3.43. The molecule has 0 bridgehead atoms. The summed E-state index contributed by atoms with van der Waals surface area (Å²) in [5, 5.41) is 5.58. The first-order valence-electron chi connectivity index (χ1n) is 7.62. The number of carbonyl (C=O) groups excluding carboxylic acids is 2. The van der Waals surface area contributed by atoms with Gasteiger partial charge in [0.25, 0.3) is 11.8 Å². The van der Waals surface area contributed by atoms with Gasteiger partial charge in [0, 0.05) is 22.3 Å². The topological polar surface area (TPSA) is 67.4 Å². The number of rotatable bonds is 4. The summed E-state index contributed by atoms with van der Waals surface area (Å²) in [6.07, 6.45) is -0.0467. The number of hydrogen-bond acceptors (Lipinski definition) is 3. The van der Waals surface area contributed by atoms with Crippen LogP contribution in [-0.4, -0.2) is 17.9 Å². The summed E-state index contributed by atoms with van der Waals surface area (Å²) in [4.78, 5) is 24.3. The van der Waals surface area contributed by atoms with Crippen LogP contribution in [0.5, 0.6) is 5.75 Å². The average molecular weight is 389 g/mol. The Kier molecular flexibility index (Phi) is 4.57. The van der Waals surface area contributed by atoms with E-state index < -0.39 is 0 Å². The number of fused-ring (bicyclic) bond motifs is 1. The van der Waals surface area contributed by atoms with Crippen molar-refractivity contribution in [2.45, 2.75) is 26.5 Å². The smallest absolute Gasteiger partial charge is 0.259 e. The molecule has 0 fully saturated rings. The molecule has 0 radical (unpaired) electrons. The maximum absolute atomic E-state index is 12.6. The fourth-order valence-corrected chi connectivity index (χ4v) is 2.86. The van der Waals surface area contributed by atoms with Crippen LogP contribution >= 0.6 is 15.9 Å². The second-order valence-electron chi connectivity index (χ2n) is 5.82. The second-order valence-corrected chi connectivity index (χ2v) is 6.73. The van der Waals surface area contributed by atoms with E-state index in [1.807, 2.05) is 19.9 Å². The van der Waals surface area contributed by atoms with Gasteiger partial charge in [-0.15, -0.1) is 0 Å². The standard InChI is InChI=1S/C18H17BrN2O3/c1-10(2)24-16-7-12(19)4-6-14(16)18(23)21-13-5-3-11-9-20-17(22)15(11)8-13/h3-8,10H,9H2,1-2H3,(H,20,22)(H,21,23). The van der Waals surface area contributed by atoms with Gasteiger partial charge in [-0.3, -0.25) is 9.59 Å². The van der Waals surface area contributed by atoms with Crippen molar-refractivity contribution in [3.05, 3.63) is 57.6 Å². The molecule has 2 aromatic carbocycles. The van der Waals surface area contributed by atoms with Gasteiger partial charge in [0.15, 0.2) is 0 Å². The summed E-state index contributed by atoms with van der Waals surface area (Å²) < 4.78 is 6.56. The van der Waals surface area contributed by atoms with Crippen LogP contribution in [-0.2, 0) is 6.54 Å². The summed E-state index contributed by atoms with van der Waals surface area (Å²) in [6.45, 7) is 4.34. The summed E-state index contributed by atoms with van der Waals surface area (Å²) >= 11 is 3.39. The highest BCUT2D eigenvalue weighted by Crippen LogP contribution is 2.26. The monoisotopic (exact) mass is 388 g/mol. The van der Waals surface area contributed by atoms with Crippen LogP contribution in [0, 0.1) is 0 Å². The van der Waals surface area contributed by atoms with Crippen LogP contribution in [0.1, 0.15) is 40.1 Å². The van der Waals surface area contributed by atoms with Crippen molar-refractivity contribution in [1.29, 1.82) is 0 Å². The summed E-state index contributed by atoms with van der Waals surface area (Å²) in [5.74, 6) is 0.112. The molecule has 1 aliphatic rings. The molecule has 2 amide bonds. The van der Waals surface area contributed by atoms with Crippen molar-refractivity contribution in [2.24, 2.45) is 0 Å². The van der Waals surface area contributed by atoms with Crippen LogP contribution in [0.15, 0.2) is 40.9 Å². The number of carbonyl (C=O) groups is 2. The molecular weight excluding hydrogens is 372 g/mol. The highest BCUT2D eigenvalue weighted by atomic mass is 79.9. The molecule has 2 N–H and O–H groups in total. The molecule has 0 unspecified atom stereocenters. The lowest BCUT2D eigenvalue weighted by Gasteiger charge is -2.15. The van der Waals surface area contributed by atoms with Gasteiger partial charge in [-0.2, -0.15) is 0 Å². The van der Waals surface area contributed by atoms with E-state index in [9.17, 15) is 9.59 Å². The first kappa shape index (κ1) is 16.5. The Balaban J connectivity index is 1.85. The van der Waals surface area contributed by atoms with E-state index in [0.717, 1.165) is 10.0 Å². The fourth-order valence-electron chi connectivity index (χ4n) is 2.52. The molecule has 0 aromatic heterocycles. The van der Waals surface area contributed by atoms with E-state index in [4.69, 9.17) is 4.74 Å². The number of halogens is 1. The van der Waals surface area contributed by atoms with Gasteiger partial charge in [0.05, 0.1) is 11.7 Å². The van der Waals surface area contributed by atoms with Crippen LogP contribution in [0.2, 0.25) is 0 Å². The Morgan fingerprint density at radius 3 is 2.79 bits per heavy atom. The summed E-state index contributed by atoms with van der Waals surface area (Å²) in [5.41, 5.74) is 2.55. The van der Waals surface area contributed by atoms with Crippen LogP contribution in [0.3, 0.4) is 0 Å². The minimum absolute atomic E-state index is 0.0467. The first-order chi connectivity index (χ1) is 11.4.